The van der Waals surface area contributed by atoms with E-state index in [1.54, 1.807) is 12.1 Å². The number of hydrogen-bond donors (Lipinski definition) is 1. The molecule has 7 heteroatoms. The summed E-state index contributed by atoms with van der Waals surface area (Å²) in [6.07, 6.45) is 2.66. The summed E-state index contributed by atoms with van der Waals surface area (Å²) >= 11 is 0. The van der Waals surface area contributed by atoms with Crippen molar-refractivity contribution in [2.24, 2.45) is 0 Å². The van der Waals surface area contributed by atoms with Crippen LogP contribution in [0.5, 0.6) is 5.75 Å². The van der Waals surface area contributed by atoms with Gasteiger partial charge in [-0.15, -0.1) is 0 Å². The highest BCUT2D eigenvalue weighted by atomic mass is 16.7. The van der Waals surface area contributed by atoms with Crippen LogP contribution < -0.4 is 4.74 Å². The number of rotatable bonds is 7. The SMILES string of the molecule is CCCc1nc2ccc(-c3cn4c(C)cc(C)cc4n3)cc2n1Cc1ccc(-c2ccccc2OC(=O)O)cc1. The van der Waals surface area contributed by atoms with Gasteiger partial charge in [-0.25, -0.2) is 14.8 Å². The molecule has 3 aromatic heterocycles. The molecule has 200 valence electrons. The van der Waals surface area contributed by atoms with Gasteiger partial charge in [-0.05, 0) is 67.3 Å². The summed E-state index contributed by atoms with van der Waals surface area (Å²) in [5, 5.41) is 9.10. The van der Waals surface area contributed by atoms with E-state index in [1.807, 2.05) is 24.3 Å². The molecular formula is C33H30N4O3. The molecule has 0 aliphatic heterocycles. The van der Waals surface area contributed by atoms with Gasteiger partial charge in [0.2, 0.25) is 0 Å². The molecule has 40 heavy (non-hydrogen) atoms. The van der Waals surface area contributed by atoms with Crippen LogP contribution in [0.1, 0.15) is 36.0 Å². The minimum absolute atomic E-state index is 0.318. The van der Waals surface area contributed by atoms with Gasteiger partial charge in [0.25, 0.3) is 0 Å². The van der Waals surface area contributed by atoms with Crippen molar-refractivity contribution < 1.29 is 14.6 Å². The van der Waals surface area contributed by atoms with Gasteiger partial charge < -0.3 is 18.8 Å². The Kier molecular flexibility index (Phi) is 6.56. The van der Waals surface area contributed by atoms with E-state index < -0.39 is 6.16 Å². The van der Waals surface area contributed by atoms with Crippen LogP contribution in [0.15, 0.2) is 85.1 Å². The van der Waals surface area contributed by atoms with Gasteiger partial charge in [-0.1, -0.05) is 55.5 Å². The summed E-state index contributed by atoms with van der Waals surface area (Å²) in [4.78, 5) is 21.0. The number of para-hydroxylation sites is 1. The molecule has 7 nitrogen and oxygen atoms in total. The van der Waals surface area contributed by atoms with Crippen LogP contribution in [-0.2, 0) is 13.0 Å². The number of carboxylic acid groups (broad SMARTS) is 1. The molecule has 3 heterocycles. The lowest BCUT2D eigenvalue weighted by atomic mass is 10.0. The topological polar surface area (TPSA) is 81.7 Å². The van der Waals surface area contributed by atoms with E-state index in [1.165, 1.54) is 5.56 Å². The van der Waals surface area contributed by atoms with Crippen molar-refractivity contribution in [2.45, 2.75) is 40.2 Å². The Morgan fingerprint density at radius 1 is 0.925 bits per heavy atom. The predicted octanol–water partition coefficient (Wildman–Crippen LogP) is 7.69. The van der Waals surface area contributed by atoms with Crippen molar-refractivity contribution in [1.82, 2.24) is 18.9 Å². The molecule has 0 aliphatic rings. The first kappa shape index (κ1) is 25.4. The van der Waals surface area contributed by atoms with Crippen molar-refractivity contribution in [3.8, 4) is 28.1 Å². The van der Waals surface area contributed by atoms with Gasteiger partial charge in [0.05, 0.1) is 16.7 Å². The fraction of sp³-hybridized carbons (Fsp3) is 0.182. The first-order valence-corrected chi connectivity index (χ1v) is 13.4. The van der Waals surface area contributed by atoms with Crippen LogP contribution >= 0.6 is 0 Å². The zero-order valence-electron chi connectivity index (χ0n) is 22.8. The molecule has 0 saturated heterocycles. The Bertz CT molecular complexity index is 1870. The Morgan fingerprint density at radius 3 is 2.48 bits per heavy atom. The molecule has 0 bridgehead atoms. The lowest BCUT2D eigenvalue weighted by Crippen LogP contribution is -2.05. The molecule has 6 aromatic rings. The van der Waals surface area contributed by atoms with Crippen LogP contribution in [0.2, 0.25) is 0 Å². The molecule has 0 atom stereocenters. The number of carbonyl (C=O) groups is 1. The van der Waals surface area contributed by atoms with Gasteiger partial charge in [-0.3, -0.25) is 0 Å². The average Bonchev–Trinajstić information content (AvgIpc) is 3.51. The second-order valence-electron chi connectivity index (χ2n) is 10.2. The largest absolute Gasteiger partial charge is 0.511 e. The Balaban J connectivity index is 1.36. The van der Waals surface area contributed by atoms with E-state index in [0.717, 1.165) is 69.0 Å². The smallest absolute Gasteiger partial charge is 0.449 e. The standard InChI is InChI=1S/C33H30N4O3/c1-4-7-31-34-27-15-14-25(28-20-36-22(3)16-21(2)17-32(36)35-28)18-29(27)37(31)19-23-10-12-24(13-11-23)26-8-5-6-9-30(26)40-33(38)39/h5-6,8-18,20H,4,7,19H2,1-3H3,(H,38,39). The zero-order chi connectivity index (χ0) is 27.8. The molecule has 0 saturated carbocycles. The minimum Gasteiger partial charge on any atom is -0.449 e. The predicted molar refractivity (Wildman–Crippen MR) is 157 cm³/mol. The van der Waals surface area contributed by atoms with E-state index in [-0.39, 0.29) is 0 Å². The summed E-state index contributed by atoms with van der Waals surface area (Å²) in [7, 11) is 0. The lowest BCUT2D eigenvalue weighted by Gasteiger charge is -2.12. The maximum atomic E-state index is 11.1. The quantitative estimate of drug-likeness (QED) is 0.169. The maximum Gasteiger partial charge on any atom is 0.511 e. The molecule has 0 amide bonds. The number of ether oxygens (including phenoxy) is 1. The summed E-state index contributed by atoms with van der Waals surface area (Å²) in [5.41, 5.74) is 10.1. The van der Waals surface area contributed by atoms with Crippen LogP contribution in [0.4, 0.5) is 4.79 Å². The minimum atomic E-state index is -1.33. The van der Waals surface area contributed by atoms with Crippen molar-refractivity contribution in [3.05, 3.63) is 108 Å². The Labute approximate surface area is 232 Å². The number of imidazole rings is 2. The van der Waals surface area contributed by atoms with Crippen LogP contribution in [0.25, 0.3) is 39.1 Å². The summed E-state index contributed by atoms with van der Waals surface area (Å²) in [5.74, 6) is 1.37. The van der Waals surface area contributed by atoms with Gasteiger partial charge >= 0.3 is 6.16 Å². The Morgan fingerprint density at radius 2 is 1.70 bits per heavy atom. The molecular weight excluding hydrogens is 500 g/mol. The lowest BCUT2D eigenvalue weighted by molar-refractivity contribution is 0.144. The monoisotopic (exact) mass is 530 g/mol. The number of hydrogen-bond acceptors (Lipinski definition) is 4. The average molecular weight is 531 g/mol. The van der Waals surface area contributed by atoms with E-state index >= 15 is 0 Å². The molecule has 0 fully saturated rings. The highest BCUT2D eigenvalue weighted by Gasteiger charge is 2.15. The van der Waals surface area contributed by atoms with Gasteiger partial charge in [0.15, 0.2) is 0 Å². The fourth-order valence-corrected chi connectivity index (χ4v) is 5.35. The number of nitrogens with zero attached hydrogens (tertiary/aromatic N) is 4. The second kappa shape index (κ2) is 10.3. The van der Waals surface area contributed by atoms with Crippen molar-refractivity contribution in [2.75, 3.05) is 0 Å². The molecule has 0 radical (unpaired) electrons. The number of pyridine rings is 1. The summed E-state index contributed by atoms with van der Waals surface area (Å²) in [6.45, 7) is 7.04. The normalized spacial score (nSPS) is 11.4. The number of aromatic nitrogens is 4. The number of aryl methyl sites for hydroxylation is 3. The second-order valence-corrected chi connectivity index (χ2v) is 10.2. The van der Waals surface area contributed by atoms with Crippen LogP contribution in [-0.4, -0.2) is 30.2 Å². The van der Waals surface area contributed by atoms with E-state index in [0.29, 0.717) is 12.3 Å². The zero-order valence-corrected chi connectivity index (χ0v) is 22.8. The van der Waals surface area contributed by atoms with Crippen molar-refractivity contribution in [3.63, 3.8) is 0 Å². The maximum absolute atomic E-state index is 11.1. The highest BCUT2D eigenvalue weighted by Crippen LogP contribution is 2.31. The van der Waals surface area contributed by atoms with E-state index in [2.05, 4.69) is 78.4 Å². The van der Waals surface area contributed by atoms with Crippen molar-refractivity contribution >= 4 is 22.8 Å². The first-order valence-electron chi connectivity index (χ1n) is 13.4. The summed E-state index contributed by atoms with van der Waals surface area (Å²) in [6, 6.07) is 26.0. The molecule has 0 spiro atoms. The molecule has 1 N–H and O–H groups in total. The molecule has 3 aromatic carbocycles. The van der Waals surface area contributed by atoms with Gasteiger partial charge in [0, 0.05) is 36.0 Å². The van der Waals surface area contributed by atoms with Gasteiger partial charge in [0.1, 0.15) is 17.2 Å². The third-order valence-corrected chi connectivity index (χ3v) is 7.19. The third kappa shape index (κ3) is 4.82. The number of fused-ring (bicyclic) bond motifs is 2. The molecule has 0 unspecified atom stereocenters. The summed E-state index contributed by atoms with van der Waals surface area (Å²) < 4.78 is 9.41. The van der Waals surface area contributed by atoms with Crippen LogP contribution in [0.3, 0.4) is 0 Å². The molecule has 0 aliphatic carbocycles. The highest BCUT2D eigenvalue weighted by molar-refractivity contribution is 5.82. The Hall–Kier alpha value is -4.91. The van der Waals surface area contributed by atoms with Gasteiger partial charge in [-0.2, -0.15) is 0 Å². The van der Waals surface area contributed by atoms with Crippen LogP contribution in [0, 0.1) is 13.8 Å². The third-order valence-electron chi connectivity index (χ3n) is 7.19. The first-order chi connectivity index (χ1) is 19.4. The fourth-order valence-electron chi connectivity index (χ4n) is 5.35. The number of benzene rings is 3. The molecule has 6 rings (SSSR count). The van der Waals surface area contributed by atoms with E-state index in [4.69, 9.17) is 19.8 Å². The van der Waals surface area contributed by atoms with E-state index in [9.17, 15) is 4.79 Å². The van der Waals surface area contributed by atoms with Crippen molar-refractivity contribution in [1.29, 1.82) is 0 Å².